The number of benzene rings is 1. The molecule has 2 aromatic heterocycles. The van der Waals surface area contributed by atoms with Crippen molar-refractivity contribution in [2.45, 2.75) is 26.4 Å². The number of aryl methyl sites for hydroxylation is 2. The van der Waals surface area contributed by atoms with Crippen molar-refractivity contribution in [2.75, 3.05) is 11.9 Å². The zero-order chi connectivity index (χ0) is 14.7. The van der Waals surface area contributed by atoms with Crippen LogP contribution in [0.25, 0.3) is 11.1 Å². The normalized spacial score (nSPS) is 11.1. The third-order valence-corrected chi connectivity index (χ3v) is 3.10. The van der Waals surface area contributed by atoms with Crippen molar-refractivity contribution < 1.29 is 9.52 Å². The molecule has 7 heteroatoms. The van der Waals surface area contributed by atoms with E-state index in [9.17, 15) is 0 Å². The van der Waals surface area contributed by atoms with Crippen molar-refractivity contribution in [1.29, 1.82) is 0 Å². The predicted octanol–water partition coefficient (Wildman–Crippen LogP) is 1.72. The molecule has 0 amide bonds. The van der Waals surface area contributed by atoms with E-state index in [-0.39, 0.29) is 6.61 Å². The maximum absolute atomic E-state index is 8.79. The quantitative estimate of drug-likeness (QED) is 0.717. The fourth-order valence-corrected chi connectivity index (χ4v) is 2.11. The number of hydrogen-bond donors (Lipinski definition) is 2. The minimum absolute atomic E-state index is 0.157. The van der Waals surface area contributed by atoms with E-state index in [2.05, 4.69) is 20.6 Å². The van der Waals surface area contributed by atoms with E-state index in [4.69, 9.17) is 9.52 Å². The summed E-state index contributed by atoms with van der Waals surface area (Å²) in [6.45, 7) is 3.25. The molecule has 0 saturated heterocycles. The Hall–Kier alpha value is -2.41. The van der Waals surface area contributed by atoms with Crippen LogP contribution in [0.3, 0.4) is 0 Å². The van der Waals surface area contributed by atoms with Gasteiger partial charge in [0.2, 0.25) is 0 Å². The van der Waals surface area contributed by atoms with Crippen molar-refractivity contribution in [1.82, 2.24) is 20.0 Å². The molecule has 0 bridgehead atoms. The van der Waals surface area contributed by atoms with Gasteiger partial charge in [0.05, 0.1) is 12.7 Å². The van der Waals surface area contributed by atoms with E-state index in [0.29, 0.717) is 25.4 Å². The molecule has 0 fully saturated rings. The summed E-state index contributed by atoms with van der Waals surface area (Å²) in [5.74, 6) is 0.661. The molecule has 0 aliphatic carbocycles. The fourth-order valence-electron chi connectivity index (χ4n) is 2.11. The zero-order valence-electron chi connectivity index (χ0n) is 11.8. The highest BCUT2D eigenvalue weighted by Gasteiger charge is 2.04. The third-order valence-electron chi connectivity index (χ3n) is 3.10. The predicted molar refractivity (Wildman–Crippen MR) is 77.8 cm³/mol. The minimum atomic E-state index is 0.157. The zero-order valence-corrected chi connectivity index (χ0v) is 11.8. The molecule has 110 valence electrons. The van der Waals surface area contributed by atoms with E-state index in [0.717, 1.165) is 22.5 Å². The Labute approximate surface area is 121 Å². The molecule has 0 radical (unpaired) electrons. The van der Waals surface area contributed by atoms with Crippen LogP contribution in [0, 0.1) is 6.92 Å². The molecule has 0 atom stereocenters. The first-order valence-electron chi connectivity index (χ1n) is 6.85. The number of aliphatic hydroxyl groups is 1. The Bertz CT molecular complexity index is 734. The molecule has 2 N–H and O–H groups in total. The number of oxazole rings is 1. The molecule has 0 aliphatic rings. The summed E-state index contributed by atoms with van der Waals surface area (Å²) >= 11 is 0. The SMILES string of the molecule is Cc1nc2cc(NCc3cn(CCCO)nn3)ccc2o1. The number of aliphatic hydroxyl groups excluding tert-OH is 1. The number of hydrogen-bond acceptors (Lipinski definition) is 6. The Morgan fingerprint density at radius 1 is 1.38 bits per heavy atom. The largest absolute Gasteiger partial charge is 0.441 e. The second kappa shape index (κ2) is 5.92. The molecule has 3 rings (SSSR count). The van der Waals surface area contributed by atoms with Gasteiger partial charge < -0.3 is 14.8 Å². The lowest BCUT2D eigenvalue weighted by molar-refractivity contribution is 0.276. The summed E-state index contributed by atoms with van der Waals surface area (Å²) in [5.41, 5.74) is 3.43. The Balaban J connectivity index is 1.64. The molecule has 21 heavy (non-hydrogen) atoms. The smallest absolute Gasteiger partial charge is 0.192 e. The first-order valence-corrected chi connectivity index (χ1v) is 6.85. The maximum Gasteiger partial charge on any atom is 0.192 e. The molecule has 7 nitrogen and oxygen atoms in total. The van der Waals surface area contributed by atoms with Gasteiger partial charge in [0.1, 0.15) is 11.2 Å². The highest BCUT2D eigenvalue weighted by molar-refractivity contribution is 5.77. The van der Waals surface area contributed by atoms with Crippen molar-refractivity contribution in [3.05, 3.63) is 36.0 Å². The summed E-state index contributed by atoms with van der Waals surface area (Å²) in [5, 5.41) is 20.2. The number of nitrogens with one attached hydrogen (secondary N) is 1. The second-order valence-corrected chi connectivity index (χ2v) is 4.82. The summed E-state index contributed by atoms with van der Waals surface area (Å²) in [6.07, 6.45) is 2.56. The standard InChI is InChI=1S/C14H17N5O2/c1-10-16-13-7-11(3-4-14(13)21-10)15-8-12-9-19(18-17-12)5-2-6-20/h3-4,7,9,15,20H,2,5-6,8H2,1H3. The maximum atomic E-state index is 8.79. The second-order valence-electron chi connectivity index (χ2n) is 4.82. The molecular weight excluding hydrogens is 270 g/mol. The third kappa shape index (κ3) is 3.19. The van der Waals surface area contributed by atoms with Gasteiger partial charge in [0.15, 0.2) is 11.5 Å². The monoisotopic (exact) mass is 287 g/mol. The van der Waals surface area contributed by atoms with Gasteiger partial charge in [-0.25, -0.2) is 4.98 Å². The molecule has 1 aromatic carbocycles. The first-order chi connectivity index (χ1) is 10.2. The van der Waals surface area contributed by atoms with Crippen LogP contribution in [-0.2, 0) is 13.1 Å². The average molecular weight is 287 g/mol. The molecule has 0 aliphatic heterocycles. The summed E-state index contributed by atoms with van der Waals surface area (Å²) < 4.78 is 7.18. The van der Waals surface area contributed by atoms with Crippen LogP contribution in [0.2, 0.25) is 0 Å². The summed E-state index contributed by atoms with van der Waals surface area (Å²) in [4.78, 5) is 4.30. The topological polar surface area (TPSA) is 89.0 Å². The molecule has 0 unspecified atom stereocenters. The minimum Gasteiger partial charge on any atom is -0.441 e. The van der Waals surface area contributed by atoms with E-state index in [1.807, 2.05) is 31.3 Å². The molecule has 0 saturated carbocycles. The molecular formula is C14H17N5O2. The van der Waals surface area contributed by atoms with Crippen molar-refractivity contribution in [3.8, 4) is 0 Å². The fraction of sp³-hybridized carbons (Fsp3) is 0.357. The highest BCUT2D eigenvalue weighted by atomic mass is 16.3. The molecule has 3 aromatic rings. The number of fused-ring (bicyclic) bond motifs is 1. The van der Waals surface area contributed by atoms with Crippen molar-refractivity contribution in [2.24, 2.45) is 0 Å². The van der Waals surface area contributed by atoms with Gasteiger partial charge >= 0.3 is 0 Å². The van der Waals surface area contributed by atoms with Crippen LogP contribution in [-0.4, -0.2) is 31.7 Å². The lowest BCUT2D eigenvalue weighted by Gasteiger charge is -2.03. The Morgan fingerprint density at radius 2 is 2.29 bits per heavy atom. The molecule has 2 heterocycles. The summed E-state index contributed by atoms with van der Waals surface area (Å²) in [7, 11) is 0. The van der Waals surface area contributed by atoms with Gasteiger partial charge in [-0.15, -0.1) is 5.10 Å². The number of rotatable bonds is 6. The summed E-state index contributed by atoms with van der Waals surface area (Å²) in [6, 6.07) is 5.79. The lowest BCUT2D eigenvalue weighted by Crippen LogP contribution is -2.01. The number of nitrogens with zero attached hydrogens (tertiary/aromatic N) is 4. The van der Waals surface area contributed by atoms with Gasteiger partial charge in [0, 0.05) is 25.8 Å². The number of anilines is 1. The molecule has 0 spiro atoms. The van der Waals surface area contributed by atoms with Crippen LogP contribution in [0.15, 0.2) is 28.8 Å². The van der Waals surface area contributed by atoms with E-state index in [1.54, 1.807) is 4.68 Å². The van der Waals surface area contributed by atoms with Crippen LogP contribution in [0.5, 0.6) is 0 Å². The van der Waals surface area contributed by atoms with Gasteiger partial charge in [-0.3, -0.25) is 4.68 Å². The van der Waals surface area contributed by atoms with Gasteiger partial charge in [-0.05, 0) is 24.6 Å². The van der Waals surface area contributed by atoms with Crippen LogP contribution >= 0.6 is 0 Å². The van der Waals surface area contributed by atoms with Crippen molar-refractivity contribution in [3.63, 3.8) is 0 Å². The Morgan fingerprint density at radius 3 is 3.14 bits per heavy atom. The van der Waals surface area contributed by atoms with Crippen LogP contribution in [0.4, 0.5) is 5.69 Å². The van der Waals surface area contributed by atoms with Gasteiger partial charge in [0.25, 0.3) is 0 Å². The van der Waals surface area contributed by atoms with Crippen molar-refractivity contribution >= 4 is 16.8 Å². The average Bonchev–Trinajstić information content (AvgIpc) is 3.07. The lowest BCUT2D eigenvalue weighted by atomic mass is 10.3. The number of aromatic nitrogens is 4. The van der Waals surface area contributed by atoms with Gasteiger partial charge in [-0.1, -0.05) is 5.21 Å². The van der Waals surface area contributed by atoms with E-state index < -0.39 is 0 Å². The Kier molecular flexibility index (Phi) is 3.83. The highest BCUT2D eigenvalue weighted by Crippen LogP contribution is 2.19. The van der Waals surface area contributed by atoms with Crippen LogP contribution in [0.1, 0.15) is 18.0 Å². The first kappa shape index (κ1) is 13.6. The van der Waals surface area contributed by atoms with Crippen LogP contribution < -0.4 is 5.32 Å². The van der Waals surface area contributed by atoms with E-state index >= 15 is 0 Å². The van der Waals surface area contributed by atoms with Gasteiger partial charge in [-0.2, -0.15) is 0 Å². The van der Waals surface area contributed by atoms with E-state index in [1.165, 1.54) is 0 Å².